The van der Waals surface area contributed by atoms with Crippen LogP contribution in [0.15, 0.2) is 18.2 Å². The van der Waals surface area contributed by atoms with Crippen molar-refractivity contribution in [3.8, 4) is 0 Å². The van der Waals surface area contributed by atoms with E-state index in [-0.39, 0.29) is 0 Å². The second-order valence-electron chi connectivity index (χ2n) is 3.34. The van der Waals surface area contributed by atoms with E-state index >= 15 is 0 Å². The first kappa shape index (κ1) is 8.70. The average Bonchev–Trinajstić information content (AvgIpc) is 2.87. The van der Waals surface area contributed by atoms with Gasteiger partial charge in [0.2, 0.25) is 0 Å². The van der Waals surface area contributed by atoms with Gasteiger partial charge in [0.1, 0.15) is 0 Å². The maximum Gasteiger partial charge on any atom is 0.175 e. The van der Waals surface area contributed by atoms with Gasteiger partial charge in [-0.3, -0.25) is 4.79 Å². The highest BCUT2D eigenvalue weighted by Crippen LogP contribution is 2.34. The Morgan fingerprint density at radius 2 is 2.31 bits per heavy atom. The van der Waals surface area contributed by atoms with Crippen LogP contribution in [0.3, 0.4) is 0 Å². The molecule has 2 heteroatoms. The Morgan fingerprint density at radius 1 is 1.54 bits per heavy atom. The second-order valence-corrected chi connectivity index (χ2v) is 4.46. The first-order chi connectivity index (χ1) is 6.31. The summed E-state index contributed by atoms with van der Waals surface area (Å²) in [5, 5.41) is 0. The molecule has 68 valence electrons. The number of allylic oxidation sites excluding steroid dienone is 1. The van der Waals surface area contributed by atoms with E-state index in [1.807, 2.05) is 31.2 Å². The fourth-order valence-electron chi connectivity index (χ4n) is 1.29. The first-order valence-corrected chi connectivity index (χ1v) is 5.39. The molecule has 0 saturated heterocycles. The van der Waals surface area contributed by atoms with Crippen molar-refractivity contribution in [2.45, 2.75) is 19.8 Å². The van der Waals surface area contributed by atoms with Crippen LogP contribution in [0.5, 0.6) is 0 Å². The van der Waals surface area contributed by atoms with Gasteiger partial charge in [-0.1, -0.05) is 6.08 Å². The van der Waals surface area contributed by atoms with Crippen LogP contribution >= 0.6 is 11.3 Å². The first-order valence-electron chi connectivity index (χ1n) is 4.58. The van der Waals surface area contributed by atoms with Gasteiger partial charge in [0.05, 0.1) is 4.88 Å². The van der Waals surface area contributed by atoms with Gasteiger partial charge in [0.15, 0.2) is 5.78 Å². The van der Waals surface area contributed by atoms with E-state index in [1.165, 1.54) is 4.88 Å². The van der Waals surface area contributed by atoms with Gasteiger partial charge in [-0.15, -0.1) is 11.3 Å². The van der Waals surface area contributed by atoms with Crippen molar-refractivity contribution >= 4 is 23.2 Å². The summed E-state index contributed by atoms with van der Waals surface area (Å²) in [5.41, 5.74) is 0. The molecular formula is C11H12OS. The van der Waals surface area contributed by atoms with Crippen LogP contribution in [0.1, 0.15) is 34.3 Å². The summed E-state index contributed by atoms with van der Waals surface area (Å²) in [7, 11) is 0. The third kappa shape index (κ3) is 1.89. The van der Waals surface area contributed by atoms with E-state index < -0.39 is 0 Å². The predicted molar refractivity (Wildman–Crippen MR) is 56.1 cm³/mol. The van der Waals surface area contributed by atoms with Crippen molar-refractivity contribution in [1.29, 1.82) is 0 Å². The molecule has 13 heavy (non-hydrogen) atoms. The molecule has 0 unspecified atom stereocenters. The predicted octanol–water partition coefficient (Wildman–Crippen LogP) is 3.37. The van der Waals surface area contributed by atoms with Crippen molar-refractivity contribution in [2.24, 2.45) is 5.92 Å². The van der Waals surface area contributed by atoms with Gasteiger partial charge in [-0.05, 0) is 38.0 Å². The quantitative estimate of drug-likeness (QED) is 0.671. The second kappa shape index (κ2) is 3.46. The molecule has 1 aliphatic rings. The van der Waals surface area contributed by atoms with Crippen molar-refractivity contribution in [2.75, 3.05) is 0 Å². The minimum Gasteiger partial charge on any atom is -0.293 e. The Hall–Kier alpha value is -0.890. The van der Waals surface area contributed by atoms with Crippen LogP contribution in [-0.4, -0.2) is 5.78 Å². The molecule has 1 nitrogen and oxygen atoms in total. The summed E-state index contributed by atoms with van der Waals surface area (Å²) in [6.07, 6.45) is 6.22. The van der Waals surface area contributed by atoms with E-state index in [0.717, 1.165) is 17.7 Å². The number of hydrogen-bond acceptors (Lipinski definition) is 2. The van der Waals surface area contributed by atoms with Crippen molar-refractivity contribution in [3.63, 3.8) is 0 Å². The van der Waals surface area contributed by atoms with Crippen LogP contribution < -0.4 is 0 Å². The zero-order chi connectivity index (χ0) is 9.26. The molecule has 0 aliphatic heterocycles. The Bertz CT molecular complexity index is 345. The Kier molecular flexibility index (Phi) is 2.32. The van der Waals surface area contributed by atoms with Gasteiger partial charge in [0, 0.05) is 10.8 Å². The number of thiophene rings is 1. The standard InChI is InChI=1S/C11H12OS/c1-2-3-9-6-7-10(13-9)11(12)8-4-5-8/h2-3,6-8H,4-5H2,1H3/b3-2+. The van der Waals surface area contributed by atoms with Crippen LogP contribution in [0.4, 0.5) is 0 Å². The van der Waals surface area contributed by atoms with Crippen molar-refractivity contribution in [1.82, 2.24) is 0 Å². The van der Waals surface area contributed by atoms with Crippen molar-refractivity contribution in [3.05, 3.63) is 28.0 Å². The minimum absolute atomic E-state index is 0.345. The molecule has 2 rings (SSSR count). The van der Waals surface area contributed by atoms with Gasteiger partial charge in [-0.2, -0.15) is 0 Å². The molecule has 0 radical (unpaired) electrons. The monoisotopic (exact) mass is 192 g/mol. The molecule has 1 aromatic heterocycles. The van der Waals surface area contributed by atoms with E-state index in [0.29, 0.717) is 11.7 Å². The van der Waals surface area contributed by atoms with Gasteiger partial charge in [0.25, 0.3) is 0 Å². The third-order valence-electron chi connectivity index (χ3n) is 2.15. The molecule has 1 heterocycles. The molecule has 0 aromatic carbocycles. The summed E-state index contributed by atoms with van der Waals surface area (Å²) < 4.78 is 0. The highest BCUT2D eigenvalue weighted by atomic mass is 32.1. The summed E-state index contributed by atoms with van der Waals surface area (Å²) >= 11 is 1.60. The summed E-state index contributed by atoms with van der Waals surface area (Å²) in [4.78, 5) is 13.7. The normalized spacial score (nSPS) is 16.7. The Morgan fingerprint density at radius 3 is 2.92 bits per heavy atom. The summed E-state index contributed by atoms with van der Waals surface area (Å²) in [6.45, 7) is 1.99. The van der Waals surface area contributed by atoms with Gasteiger partial charge < -0.3 is 0 Å². The number of rotatable bonds is 3. The van der Waals surface area contributed by atoms with Crippen LogP contribution in [0.25, 0.3) is 6.08 Å². The topological polar surface area (TPSA) is 17.1 Å². The molecule has 0 atom stereocenters. The number of Topliss-reactive ketones (excluding diaryl/α,β-unsaturated/α-hetero) is 1. The summed E-state index contributed by atoms with van der Waals surface area (Å²) in [6, 6.07) is 3.96. The van der Waals surface area contributed by atoms with E-state index in [1.54, 1.807) is 11.3 Å². The van der Waals surface area contributed by atoms with Crippen LogP contribution in [-0.2, 0) is 0 Å². The number of carbonyl (C=O) groups is 1. The van der Waals surface area contributed by atoms with Crippen LogP contribution in [0, 0.1) is 5.92 Å². The van der Waals surface area contributed by atoms with E-state index in [2.05, 4.69) is 0 Å². The lowest BCUT2D eigenvalue weighted by Crippen LogP contribution is -1.96. The minimum atomic E-state index is 0.345. The molecule has 1 fully saturated rings. The van der Waals surface area contributed by atoms with Gasteiger partial charge in [-0.25, -0.2) is 0 Å². The third-order valence-corrected chi connectivity index (χ3v) is 3.21. The summed E-state index contributed by atoms with van der Waals surface area (Å²) in [5.74, 6) is 0.692. The Balaban J connectivity index is 2.16. The zero-order valence-electron chi connectivity index (χ0n) is 7.62. The molecule has 1 aliphatic carbocycles. The lowest BCUT2D eigenvalue weighted by Gasteiger charge is -1.90. The smallest absolute Gasteiger partial charge is 0.175 e. The lowest BCUT2D eigenvalue weighted by molar-refractivity contribution is 0.0971. The average molecular weight is 192 g/mol. The fourth-order valence-corrected chi connectivity index (χ4v) is 2.28. The largest absolute Gasteiger partial charge is 0.293 e. The van der Waals surface area contributed by atoms with Crippen LogP contribution in [0.2, 0.25) is 0 Å². The molecule has 0 spiro atoms. The highest BCUT2D eigenvalue weighted by molar-refractivity contribution is 7.14. The van der Waals surface area contributed by atoms with E-state index in [9.17, 15) is 4.79 Å². The number of hydrogen-bond donors (Lipinski definition) is 0. The highest BCUT2D eigenvalue weighted by Gasteiger charge is 2.30. The SMILES string of the molecule is C/C=C/c1ccc(C(=O)C2CC2)s1. The van der Waals surface area contributed by atoms with Gasteiger partial charge >= 0.3 is 0 Å². The molecule has 0 bridgehead atoms. The lowest BCUT2D eigenvalue weighted by atomic mass is 10.2. The number of ketones is 1. The maximum absolute atomic E-state index is 11.6. The zero-order valence-corrected chi connectivity index (χ0v) is 8.43. The maximum atomic E-state index is 11.6. The van der Waals surface area contributed by atoms with Crippen molar-refractivity contribution < 1.29 is 4.79 Å². The number of carbonyl (C=O) groups excluding carboxylic acids is 1. The Labute approximate surface area is 82.1 Å². The molecule has 1 saturated carbocycles. The molecule has 0 amide bonds. The molecule has 1 aromatic rings. The fraction of sp³-hybridized carbons (Fsp3) is 0.364. The van der Waals surface area contributed by atoms with E-state index in [4.69, 9.17) is 0 Å². The molecule has 0 N–H and O–H groups in total. The molecular weight excluding hydrogens is 180 g/mol.